The standard InChI is InChI=1S/C36H39N5O3/c1-44-26-17-15-24(16-18-26)23-41-32(19-21-37-41)33-29-20-22-40(34(29)27-11-5-7-13-30(27)38-33)36(43)28-12-6-8-14-31(28)39-35(42)25-9-3-2-4-10-25/h2-5,7,9-11,13,15-19,21,28-29,31,33-34,38H,6,8,12,14,20,22-23H2,1H3,(H,39,42)/t28-,29?,31+,33?,34?/m0/s1. The van der Waals surface area contributed by atoms with Crippen LogP contribution in [-0.2, 0) is 11.3 Å². The van der Waals surface area contributed by atoms with E-state index in [1.54, 1.807) is 7.11 Å². The van der Waals surface area contributed by atoms with E-state index in [2.05, 4.69) is 62.7 Å². The third-order valence-electron chi connectivity index (χ3n) is 9.74. The molecule has 7 rings (SSSR count). The zero-order valence-electron chi connectivity index (χ0n) is 25.1. The van der Waals surface area contributed by atoms with Gasteiger partial charge in [-0.05, 0) is 66.8 Å². The van der Waals surface area contributed by atoms with Crippen LogP contribution in [0.4, 0.5) is 5.69 Å². The smallest absolute Gasteiger partial charge is 0.251 e. The maximum Gasteiger partial charge on any atom is 0.251 e. The van der Waals surface area contributed by atoms with Crippen LogP contribution in [0.2, 0.25) is 0 Å². The lowest BCUT2D eigenvalue weighted by Crippen LogP contribution is -2.50. The van der Waals surface area contributed by atoms with Gasteiger partial charge >= 0.3 is 0 Å². The third kappa shape index (κ3) is 5.34. The number of aromatic nitrogens is 2. The van der Waals surface area contributed by atoms with Crippen LogP contribution >= 0.6 is 0 Å². The summed E-state index contributed by atoms with van der Waals surface area (Å²) in [5, 5.41) is 11.8. The molecule has 5 atom stereocenters. The van der Waals surface area contributed by atoms with Crippen molar-refractivity contribution in [2.75, 3.05) is 19.0 Å². The molecule has 8 nitrogen and oxygen atoms in total. The molecule has 44 heavy (non-hydrogen) atoms. The minimum atomic E-state index is -0.226. The van der Waals surface area contributed by atoms with Crippen molar-refractivity contribution in [3.63, 3.8) is 0 Å². The van der Waals surface area contributed by atoms with Gasteiger partial charge in [-0.3, -0.25) is 14.3 Å². The quantitative estimate of drug-likeness (QED) is 0.277. The highest BCUT2D eigenvalue weighted by Crippen LogP contribution is 2.52. The summed E-state index contributed by atoms with van der Waals surface area (Å²) in [6.07, 6.45) is 6.40. The normalized spacial score (nSPS) is 24.1. The molecule has 3 unspecified atom stereocenters. The number of rotatable bonds is 7. The number of fused-ring (bicyclic) bond motifs is 3. The molecule has 1 aromatic heterocycles. The minimum absolute atomic E-state index is 0.00776. The molecule has 3 heterocycles. The van der Waals surface area contributed by atoms with Gasteiger partial charge in [-0.15, -0.1) is 0 Å². The number of hydrogen-bond donors (Lipinski definition) is 2. The molecule has 2 N–H and O–H groups in total. The molecule has 4 aromatic rings. The Morgan fingerprint density at radius 1 is 0.932 bits per heavy atom. The van der Waals surface area contributed by atoms with E-state index in [0.717, 1.165) is 54.8 Å². The Hall–Kier alpha value is -4.59. The molecule has 1 saturated carbocycles. The van der Waals surface area contributed by atoms with Crippen molar-refractivity contribution in [2.45, 2.75) is 56.8 Å². The van der Waals surface area contributed by atoms with Crippen LogP contribution < -0.4 is 15.4 Å². The Morgan fingerprint density at radius 2 is 1.70 bits per heavy atom. The van der Waals surface area contributed by atoms with E-state index in [4.69, 9.17) is 9.84 Å². The summed E-state index contributed by atoms with van der Waals surface area (Å²) in [7, 11) is 1.68. The summed E-state index contributed by atoms with van der Waals surface area (Å²) in [5.74, 6) is 0.862. The predicted octanol–water partition coefficient (Wildman–Crippen LogP) is 5.99. The number of ether oxygens (including phenoxy) is 1. The number of carbonyl (C=O) groups is 2. The zero-order valence-corrected chi connectivity index (χ0v) is 25.1. The average molecular weight is 590 g/mol. The largest absolute Gasteiger partial charge is 0.497 e. The Balaban J connectivity index is 1.15. The number of likely N-dealkylation sites (tertiary alicyclic amines) is 1. The number of nitrogens with zero attached hydrogens (tertiary/aromatic N) is 3. The molecule has 2 fully saturated rings. The number of nitrogens with one attached hydrogen (secondary N) is 2. The van der Waals surface area contributed by atoms with Crippen LogP contribution in [0, 0.1) is 11.8 Å². The Labute approximate surface area is 258 Å². The summed E-state index contributed by atoms with van der Waals surface area (Å²) in [6.45, 7) is 1.35. The van der Waals surface area contributed by atoms with Gasteiger partial charge in [0.25, 0.3) is 5.91 Å². The second kappa shape index (κ2) is 12.2. The van der Waals surface area contributed by atoms with E-state index in [-0.39, 0.29) is 41.8 Å². The highest BCUT2D eigenvalue weighted by Gasteiger charge is 2.49. The maximum absolute atomic E-state index is 14.5. The second-order valence-electron chi connectivity index (χ2n) is 12.2. The van der Waals surface area contributed by atoms with Gasteiger partial charge in [0.1, 0.15) is 5.75 Å². The fourth-order valence-electron chi connectivity index (χ4n) is 7.56. The molecule has 1 saturated heterocycles. The molecule has 3 aromatic carbocycles. The first kappa shape index (κ1) is 28.2. The lowest BCUT2D eigenvalue weighted by atomic mass is 9.80. The van der Waals surface area contributed by atoms with Crippen LogP contribution in [0.3, 0.4) is 0 Å². The number of hydrogen-bond acceptors (Lipinski definition) is 5. The average Bonchev–Trinajstić information content (AvgIpc) is 3.73. The van der Waals surface area contributed by atoms with Crippen LogP contribution in [-0.4, -0.2) is 46.2 Å². The van der Waals surface area contributed by atoms with Gasteiger partial charge in [0.15, 0.2) is 0 Å². The van der Waals surface area contributed by atoms with E-state index in [1.807, 2.05) is 48.7 Å². The fourth-order valence-corrected chi connectivity index (χ4v) is 7.56. The van der Waals surface area contributed by atoms with E-state index in [1.165, 1.54) is 5.56 Å². The molecule has 3 aliphatic rings. The number of benzene rings is 3. The van der Waals surface area contributed by atoms with Crippen molar-refractivity contribution < 1.29 is 14.3 Å². The molecular formula is C36H39N5O3. The topological polar surface area (TPSA) is 88.5 Å². The number of methoxy groups -OCH3 is 1. The first-order valence-corrected chi connectivity index (χ1v) is 15.8. The predicted molar refractivity (Wildman–Crippen MR) is 169 cm³/mol. The molecule has 2 amide bonds. The van der Waals surface area contributed by atoms with E-state index in [9.17, 15) is 9.59 Å². The number of amides is 2. The molecule has 0 bridgehead atoms. The minimum Gasteiger partial charge on any atom is -0.497 e. The Bertz CT molecular complexity index is 1620. The lowest BCUT2D eigenvalue weighted by molar-refractivity contribution is -0.138. The third-order valence-corrected chi connectivity index (χ3v) is 9.74. The highest BCUT2D eigenvalue weighted by atomic mass is 16.5. The first-order valence-electron chi connectivity index (χ1n) is 15.8. The van der Waals surface area contributed by atoms with Crippen LogP contribution in [0.25, 0.3) is 0 Å². The van der Waals surface area contributed by atoms with Crippen molar-refractivity contribution in [3.05, 3.63) is 114 Å². The molecule has 0 radical (unpaired) electrons. The van der Waals surface area contributed by atoms with Crippen LogP contribution in [0.1, 0.15) is 71.4 Å². The van der Waals surface area contributed by atoms with Crippen LogP contribution in [0.5, 0.6) is 5.75 Å². The number of anilines is 1. The summed E-state index contributed by atoms with van der Waals surface area (Å²) < 4.78 is 7.41. The summed E-state index contributed by atoms with van der Waals surface area (Å²) in [6, 6.07) is 27.7. The molecule has 0 spiro atoms. The second-order valence-corrected chi connectivity index (χ2v) is 12.2. The van der Waals surface area contributed by atoms with E-state index < -0.39 is 0 Å². The number of carbonyl (C=O) groups excluding carboxylic acids is 2. The maximum atomic E-state index is 14.5. The van der Waals surface area contributed by atoms with Gasteiger partial charge < -0.3 is 20.3 Å². The fraction of sp³-hybridized carbons (Fsp3) is 0.361. The number of para-hydroxylation sites is 1. The van der Waals surface area contributed by atoms with Gasteiger partial charge in [-0.25, -0.2) is 0 Å². The van der Waals surface area contributed by atoms with Gasteiger partial charge in [0, 0.05) is 36.0 Å². The van der Waals surface area contributed by atoms with Crippen molar-refractivity contribution in [1.82, 2.24) is 20.0 Å². The van der Waals surface area contributed by atoms with E-state index in [0.29, 0.717) is 18.7 Å². The van der Waals surface area contributed by atoms with Gasteiger partial charge in [0.2, 0.25) is 5.91 Å². The highest BCUT2D eigenvalue weighted by molar-refractivity contribution is 5.95. The zero-order chi connectivity index (χ0) is 30.0. The molecule has 8 heteroatoms. The molecule has 1 aliphatic carbocycles. The van der Waals surface area contributed by atoms with Crippen molar-refractivity contribution in [3.8, 4) is 5.75 Å². The van der Waals surface area contributed by atoms with Crippen molar-refractivity contribution >= 4 is 17.5 Å². The van der Waals surface area contributed by atoms with Gasteiger partial charge in [-0.1, -0.05) is 61.4 Å². The van der Waals surface area contributed by atoms with Crippen LogP contribution in [0.15, 0.2) is 91.1 Å². The lowest BCUT2D eigenvalue weighted by Gasteiger charge is -2.42. The molecule has 2 aliphatic heterocycles. The SMILES string of the molecule is COc1ccc(Cn2nccc2C2Nc3ccccc3C3C2CCN3C(=O)[C@H]2CCCC[C@H]2NC(=O)c2ccccc2)cc1. The Morgan fingerprint density at radius 3 is 2.52 bits per heavy atom. The monoisotopic (exact) mass is 589 g/mol. The summed E-state index contributed by atoms with van der Waals surface area (Å²) in [4.78, 5) is 29.7. The van der Waals surface area contributed by atoms with Crippen molar-refractivity contribution in [1.29, 1.82) is 0 Å². The molecule has 226 valence electrons. The summed E-state index contributed by atoms with van der Waals surface area (Å²) in [5.41, 5.74) is 5.12. The van der Waals surface area contributed by atoms with E-state index >= 15 is 0 Å². The summed E-state index contributed by atoms with van der Waals surface area (Å²) >= 11 is 0. The first-order chi connectivity index (χ1) is 21.6. The van der Waals surface area contributed by atoms with Crippen molar-refractivity contribution in [2.24, 2.45) is 11.8 Å². The molecular weight excluding hydrogens is 550 g/mol. The van der Waals surface area contributed by atoms with Gasteiger partial charge in [-0.2, -0.15) is 5.10 Å². The Kier molecular flexibility index (Phi) is 7.81. The van der Waals surface area contributed by atoms with Gasteiger partial charge in [0.05, 0.1) is 37.4 Å².